The minimum Gasteiger partial charge on any atom is -1.00 e. The van der Waals surface area contributed by atoms with Gasteiger partial charge in [0.2, 0.25) is 0 Å². The van der Waals surface area contributed by atoms with Gasteiger partial charge in [-0.15, -0.1) is 0 Å². The summed E-state index contributed by atoms with van der Waals surface area (Å²) >= 11 is 0. The molecule has 1 aliphatic heterocycles. The fourth-order valence-electron chi connectivity index (χ4n) is 3.43. The lowest BCUT2D eigenvalue weighted by molar-refractivity contribution is -0.368. The molecule has 3 aromatic rings. The van der Waals surface area contributed by atoms with Crippen LogP contribution in [0.4, 0.5) is 5.95 Å². The van der Waals surface area contributed by atoms with Gasteiger partial charge < -0.3 is 17.5 Å². The number of fused-ring (bicyclic) bond motifs is 1. The molecule has 1 atom stereocenters. The van der Waals surface area contributed by atoms with Gasteiger partial charge in [0.25, 0.3) is 0 Å². The van der Waals surface area contributed by atoms with Crippen molar-refractivity contribution in [2.24, 2.45) is 0 Å². The molecule has 0 saturated carbocycles. The second kappa shape index (κ2) is 6.42. The largest absolute Gasteiger partial charge is 1.00 e. The molecule has 23 heavy (non-hydrogen) atoms. The van der Waals surface area contributed by atoms with Crippen molar-refractivity contribution in [2.45, 2.75) is 18.9 Å². The molecule has 1 unspecified atom stereocenters. The smallest absolute Gasteiger partial charge is 0.391 e. The van der Waals surface area contributed by atoms with Gasteiger partial charge in [0, 0.05) is 11.6 Å². The van der Waals surface area contributed by atoms with Crippen LogP contribution >= 0.6 is 0 Å². The summed E-state index contributed by atoms with van der Waals surface area (Å²) in [6, 6.07) is 14.0. The molecule has 4 nitrogen and oxygen atoms in total. The van der Waals surface area contributed by atoms with E-state index in [1.807, 2.05) is 30.5 Å². The Kier molecular flexibility index (Phi) is 4.35. The van der Waals surface area contributed by atoms with E-state index in [1.54, 1.807) is 12.3 Å². The molecule has 2 heterocycles. The fraction of sp³-hybridized carbons (Fsp3) is 0.222. The van der Waals surface area contributed by atoms with E-state index in [0.29, 0.717) is 5.75 Å². The number of H-pyrrole nitrogens is 1. The van der Waals surface area contributed by atoms with Crippen LogP contribution < -0.4 is 22.3 Å². The first-order valence-electron chi connectivity index (χ1n) is 7.64. The first-order chi connectivity index (χ1) is 10.8. The number of aromatic nitrogens is 2. The van der Waals surface area contributed by atoms with Crippen LogP contribution in [-0.2, 0) is 0 Å². The maximum Gasteiger partial charge on any atom is 0.391 e. The highest BCUT2D eigenvalue weighted by Gasteiger charge is 2.35. The van der Waals surface area contributed by atoms with Crippen LogP contribution in [0.3, 0.4) is 0 Å². The van der Waals surface area contributed by atoms with Gasteiger partial charge in [-0.2, -0.15) is 0 Å². The number of anilines is 1. The van der Waals surface area contributed by atoms with Crippen LogP contribution in [0.15, 0.2) is 54.9 Å². The zero-order chi connectivity index (χ0) is 14.9. The molecule has 0 bridgehead atoms. The number of aromatic hydroxyl groups is 1. The summed E-state index contributed by atoms with van der Waals surface area (Å²) < 4.78 is 0. The van der Waals surface area contributed by atoms with Crippen molar-refractivity contribution in [1.82, 2.24) is 4.98 Å². The van der Waals surface area contributed by atoms with Gasteiger partial charge in [0.1, 0.15) is 18.0 Å². The zero-order valence-electron chi connectivity index (χ0n) is 12.6. The molecule has 0 radical (unpaired) electrons. The number of nitrogens with one attached hydrogen (secondary N) is 1. The Morgan fingerprint density at radius 3 is 2.83 bits per heavy atom. The number of nitrogens with zero attached hydrogens (tertiary/aromatic N) is 2. The molecule has 118 valence electrons. The molecule has 1 aromatic heterocycles. The van der Waals surface area contributed by atoms with Gasteiger partial charge >= 0.3 is 5.95 Å². The summed E-state index contributed by atoms with van der Waals surface area (Å²) in [5.41, 5.74) is 1.01. The van der Waals surface area contributed by atoms with Crippen molar-refractivity contribution >= 4 is 16.7 Å². The Morgan fingerprint density at radius 2 is 2.00 bits per heavy atom. The number of aromatic amines is 1. The molecule has 1 saturated heterocycles. The van der Waals surface area contributed by atoms with Crippen LogP contribution in [0, 0.1) is 0 Å². The number of benzene rings is 2. The quantitative estimate of drug-likeness (QED) is 0.726. The molecular formula is C18H18ClN3O. The zero-order valence-corrected chi connectivity index (χ0v) is 13.4. The van der Waals surface area contributed by atoms with Crippen molar-refractivity contribution in [3.05, 3.63) is 60.4 Å². The highest BCUT2D eigenvalue weighted by molar-refractivity contribution is 5.88. The van der Waals surface area contributed by atoms with Crippen molar-refractivity contribution in [1.29, 1.82) is 0 Å². The lowest BCUT2D eigenvalue weighted by Crippen LogP contribution is -3.00. The van der Waals surface area contributed by atoms with Gasteiger partial charge in [-0.25, -0.2) is 4.98 Å². The van der Waals surface area contributed by atoms with Crippen LogP contribution in [0.5, 0.6) is 5.75 Å². The van der Waals surface area contributed by atoms with E-state index in [2.05, 4.69) is 27.0 Å². The molecule has 5 heteroatoms. The second-order valence-corrected chi connectivity index (χ2v) is 5.68. The van der Waals surface area contributed by atoms with Crippen LogP contribution in [0.25, 0.3) is 10.8 Å². The van der Waals surface area contributed by atoms with E-state index in [0.717, 1.165) is 41.7 Å². The average Bonchev–Trinajstić information content (AvgIpc) is 3.05. The highest BCUT2D eigenvalue weighted by atomic mass is 35.5. The maximum absolute atomic E-state index is 10.5. The predicted molar refractivity (Wildman–Crippen MR) is 85.7 cm³/mol. The second-order valence-electron chi connectivity index (χ2n) is 5.68. The molecule has 2 N–H and O–H groups in total. The highest BCUT2D eigenvalue weighted by Crippen LogP contribution is 2.41. The summed E-state index contributed by atoms with van der Waals surface area (Å²) in [5.74, 6) is 1.23. The number of hydrogen-bond donors (Lipinski definition) is 1. The third-order valence-electron chi connectivity index (χ3n) is 4.40. The van der Waals surface area contributed by atoms with Crippen LogP contribution in [0.1, 0.15) is 24.4 Å². The number of phenols is 1. The molecule has 0 aliphatic carbocycles. The van der Waals surface area contributed by atoms with Crippen molar-refractivity contribution < 1.29 is 22.5 Å². The minimum absolute atomic E-state index is 0. The van der Waals surface area contributed by atoms with E-state index >= 15 is 0 Å². The fourth-order valence-corrected chi connectivity index (χ4v) is 3.43. The maximum atomic E-state index is 10.5. The first-order valence-corrected chi connectivity index (χ1v) is 7.64. The van der Waals surface area contributed by atoms with Gasteiger partial charge in [-0.3, -0.25) is 4.90 Å². The number of halogens is 1. The van der Waals surface area contributed by atoms with Crippen LogP contribution in [0.2, 0.25) is 0 Å². The van der Waals surface area contributed by atoms with E-state index in [9.17, 15) is 5.11 Å². The Balaban J connectivity index is 0.00000156. The number of hydrogen-bond acceptors (Lipinski definition) is 3. The molecular weight excluding hydrogens is 310 g/mol. The topological polar surface area (TPSA) is 50.5 Å². The molecule has 4 rings (SSSR count). The number of rotatable bonds is 2. The average molecular weight is 328 g/mol. The summed E-state index contributed by atoms with van der Waals surface area (Å²) in [5, 5.41) is 12.8. The Hall–Kier alpha value is -2.33. The molecule has 1 fully saturated rings. The van der Waals surface area contributed by atoms with Gasteiger partial charge in [0.05, 0.1) is 12.7 Å². The van der Waals surface area contributed by atoms with Crippen LogP contribution in [-0.4, -0.2) is 16.6 Å². The third-order valence-corrected chi connectivity index (χ3v) is 4.40. The summed E-state index contributed by atoms with van der Waals surface area (Å²) in [6.07, 6.45) is 5.80. The Labute approximate surface area is 141 Å². The predicted octanol–water partition coefficient (Wildman–Crippen LogP) is 0.1000. The normalized spacial score (nSPS) is 17.2. The van der Waals surface area contributed by atoms with E-state index in [1.165, 1.54) is 0 Å². The summed E-state index contributed by atoms with van der Waals surface area (Å²) in [4.78, 5) is 9.90. The SMILES string of the molecule is Oc1ccc2ccccc2c1C1CCCN1c1nccc[nH+]1.[Cl-]. The number of phenolic OH excluding ortho intramolecular Hbond substituents is 1. The first kappa shape index (κ1) is 15.6. The molecule has 0 amide bonds. The van der Waals surface area contributed by atoms with Gasteiger partial charge in [-0.1, -0.05) is 35.3 Å². The van der Waals surface area contributed by atoms with Crippen molar-refractivity contribution in [3.8, 4) is 5.75 Å². The molecule has 2 aromatic carbocycles. The summed E-state index contributed by atoms with van der Waals surface area (Å²) in [7, 11) is 0. The van der Waals surface area contributed by atoms with E-state index in [4.69, 9.17) is 0 Å². The summed E-state index contributed by atoms with van der Waals surface area (Å²) in [6.45, 7) is 0.945. The Bertz CT molecular complexity index is 810. The lowest BCUT2D eigenvalue weighted by atomic mass is 9.96. The Morgan fingerprint density at radius 1 is 1.13 bits per heavy atom. The van der Waals surface area contributed by atoms with E-state index < -0.39 is 0 Å². The third kappa shape index (κ3) is 2.70. The van der Waals surface area contributed by atoms with E-state index in [-0.39, 0.29) is 18.4 Å². The van der Waals surface area contributed by atoms with Crippen molar-refractivity contribution in [3.63, 3.8) is 0 Å². The van der Waals surface area contributed by atoms with Gasteiger partial charge in [-0.05, 0) is 29.7 Å². The standard InChI is InChI=1S/C18H17N3O.ClH/c22-16-9-8-13-5-1-2-6-14(13)17(16)15-7-3-12-21(15)18-19-10-4-11-20-18;/h1-2,4-6,8-11,15,22H,3,7,12H2;1H. The molecule has 0 spiro atoms. The monoisotopic (exact) mass is 327 g/mol. The molecule has 1 aliphatic rings. The minimum atomic E-state index is 0. The lowest BCUT2D eigenvalue weighted by Gasteiger charge is -2.21. The van der Waals surface area contributed by atoms with Crippen molar-refractivity contribution in [2.75, 3.05) is 11.4 Å². The van der Waals surface area contributed by atoms with Gasteiger partial charge in [0.15, 0.2) is 0 Å².